The van der Waals surface area contributed by atoms with Crippen molar-refractivity contribution in [1.82, 2.24) is 5.32 Å². The number of carbonyl (C=O) groups is 1. The minimum atomic E-state index is -0.0485. The Labute approximate surface area is 125 Å². The van der Waals surface area contributed by atoms with E-state index in [1.54, 1.807) is 6.07 Å². The quantitative estimate of drug-likeness (QED) is 0.817. The van der Waals surface area contributed by atoms with Crippen molar-refractivity contribution in [3.05, 3.63) is 34.9 Å². The highest BCUT2D eigenvalue weighted by molar-refractivity contribution is 6.31. The third kappa shape index (κ3) is 6.84. The molecular formula is C15H21Cl2NO. The first-order valence-corrected chi connectivity index (χ1v) is 7.23. The summed E-state index contributed by atoms with van der Waals surface area (Å²) in [6.45, 7) is 6.89. The van der Waals surface area contributed by atoms with E-state index in [1.165, 1.54) is 0 Å². The number of hydrogen-bond acceptors (Lipinski definition) is 1. The summed E-state index contributed by atoms with van der Waals surface area (Å²) in [5.74, 6) is -0.0485. The Morgan fingerprint density at radius 3 is 2.53 bits per heavy atom. The molecule has 0 fully saturated rings. The highest BCUT2D eigenvalue weighted by atomic mass is 35.5. The summed E-state index contributed by atoms with van der Waals surface area (Å²) in [6, 6.07) is 7.36. The van der Waals surface area contributed by atoms with Crippen LogP contribution in [0.1, 0.15) is 32.8 Å². The minimum Gasteiger partial charge on any atom is -0.354 e. The molecule has 106 valence electrons. The third-order valence-corrected chi connectivity index (χ3v) is 3.34. The van der Waals surface area contributed by atoms with Gasteiger partial charge in [0.05, 0.1) is 11.8 Å². The first-order valence-electron chi connectivity index (χ1n) is 6.42. The lowest BCUT2D eigenvalue weighted by molar-refractivity contribution is -0.120. The van der Waals surface area contributed by atoms with Crippen molar-refractivity contribution in [2.45, 2.75) is 39.0 Å². The van der Waals surface area contributed by atoms with Crippen LogP contribution in [0.25, 0.3) is 0 Å². The van der Waals surface area contributed by atoms with Gasteiger partial charge in [-0.3, -0.25) is 4.79 Å². The van der Waals surface area contributed by atoms with E-state index in [1.807, 2.05) is 18.2 Å². The van der Waals surface area contributed by atoms with E-state index in [4.69, 9.17) is 23.2 Å². The monoisotopic (exact) mass is 301 g/mol. The largest absolute Gasteiger partial charge is 0.354 e. The summed E-state index contributed by atoms with van der Waals surface area (Å²) in [5, 5.41) is 3.43. The SMILES string of the molecule is CC(C)(C)CC(Cl)CNC(=O)Cc1ccccc1Cl. The maximum atomic E-state index is 11.8. The predicted molar refractivity (Wildman–Crippen MR) is 81.9 cm³/mol. The second-order valence-corrected chi connectivity index (χ2v) is 6.96. The van der Waals surface area contributed by atoms with Crippen LogP contribution in [-0.4, -0.2) is 17.8 Å². The van der Waals surface area contributed by atoms with Gasteiger partial charge in [-0.25, -0.2) is 0 Å². The Kier molecular flexibility index (Phi) is 6.15. The standard InChI is InChI=1S/C15H21Cl2NO/c1-15(2,3)9-12(16)10-18-14(19)8-11-6-4-5-7-13(11)17/h4-7,12H,8-10H2,1-3H3,(H,18,19). The van der Waals surface area contributed by atoms with Crippen molar-refractivity contribution in [1.29, 1.82) is 0 Å². The average Bonchev–Trinajstić information content (AvgIpc) is 2.27. The average molecular weight is 302 g/mol. The van der Waals surface area contributed by atoms with Crippen molar-refractivity contribution in [3.63, 3.8) is 0 Å². The van der Waals surface area contributed by atoms with Crippen LogP contribution in [0.4, 0.5) is 0 Å². The van der Waals surface area contributed by atoms with Crippen LogP contribution in [-0.2, 0) is 11.2 Å². The molecule has 1 atom stereocenters. The van der Waals surface area contributed by atoms with E-state index in [2.05, 4.69) is 26.1 Å². The summed E-state index contributed by atoms with van der Waals surface area (Å²) in [7, 11) is 0. The van der Waals surface area contributed by atoms with Crippen molar-refractivity contribution < 1.29 is 4.79 Å². The van der Waals surface area contributed by atoms with Crippen molar-refractivity contribution in [3.8, 4) is 0 Å². The first kappa shape index (κ1) is 16.3. The Morgan fingerprint density at radius 1 is 1.32 bits per heavy atom. The minimum absolute atomic E-state index is 0.0461. The van der Waals surface area contributed by atoms with Gasteiger partial charge in [0.25, 0.3) is 0 Å². The molecule has 0 aromatic heterocycles. The second-order valence-electron chi connectivity index (χ2n) is 5.93. The molecule has 0 aliphatic heterocycles. The summed E-state index contributed by atoms with van der Waals surface area (Å²) in [6.07, 6.45) is 1.15. The molecule has 19 heavy (non-hydrogen) atoms. The van der Waals surface area contributed by atoms with Crippen LogP contribution in [0.15, 0.2) is 24.3 Å². The molecule has 2 nitrogen and oxygen atoms in total. The van der Waals surface area contributed by atoms with E-state index in [0.717, 1.165) is 12.0 Å². The molecule has 0 radical (unpaired) electrons. The smallest absolute Gasteiger partial charge is 0.224 e. The number of carbonyl (C=O) groups excluding carboxylic acids is 1. The van der Waals surface area contributed by atoms with Crippen LogP contribution in [0.3, 0.4) is 0 Å². The molecule has 1 aromatic carbocycles. The van der Waals surface area contributed by atoms with Crippen molar-refractivity contribution in [2.24, 2.45) is 5.41 Å². The fraction of sp³-hybridized carbons (Fsp3) is 0.533. The topological polar surface area (TPSA) is 29.1 Å². The number of rotatable bonds is 5. The van der Waals surface area contributed by atoms with Gasteiger partial charge in [0.2, 0.25) is 5.91 Å². The number of benzene rings is 1. The maximum Gasteiger partial charge on any atom is 0.224 e. The van der Waals surface area contributed by atoms with Crippen LogP contribution < -0.4 is 5.32 Å². The molecule has 0 aliphatic carbocycles. The Balaban J connectivity index is 2.38. The van der Waals surface area contributed by atoms with Gasteiger partial charge < -0.3 is 5.32 Å². The van der Waals surface area contributed by atoms with Gasteiger partial charge in [0.1, 0.15) is 0 Å². The number of nitrogens with one attached hydrogen (secondary N) is 1. The van der Waals surface area contributed by atoms with Gasteiger partial charge in [0, 0.05) is 11.6 Å². The molecule has 1 aromatic rings. The fourth-order valence-electron chi connectivity index (χ4n) is 1.84. The molecule has 4 heteroatoms. The zero-order valence-electron chi connectivity index (χ0n) is 11.7. The summed E-state index contributed by atoms with van der Waals surface area (Å²) < 4.78 is 0. The lowest BCUT2D eigenvalue weighted by Crippen LogP contribution is -2.32. The van der Waals surface area contributed by atoms with E-state index in [-0.39, 0.29) is 16.7 Å². The van der Waals surface area contributed by atoms with Gasteiger partial charge in [-0.2, -0.15) is 0 Å². The normalized spacial score (nSPS) is 13.1. The Hall–Kier alpha value is -0.730. The fourth-order valence-corrected chi connectivity index (χ4v) is 2.58. The zero-order valence-corrected chi connectivity index (χ0v) is 13.2. The molecule has 1 rings (SSSR count). The van der Waals surface area contributed by atoms with E-state index in [9.17, 15) is 4.79 Å². The molecule has 0 heterocycles. The van der Waals surface area contributed by atoms with Crippen LogP contribution in [0, 0.1) is 5.41 Å². The van der Waals surface area contributed by atoms with Crippen LogP contribution in [0.2, 0.25) is 5.02 Å². The van der Waals surface area contributed by atoms with E-state index < -0.39 is 0 Å². The van der Waals surface area contributed by atoms with Crippen LogP contribution in [0.5, 0.6) is 0 Å². The number of halogens is 2. The zero-order chi connectivity index (χ0) is 14.5. The maximum absolute atomic E-state index is 11.8. The summed E-state index contributed by atoms with van der Waals surface area (Å²) >= 11 is 12.2. The molecule has 1 amide bonds. The molecule has 1 unspecified atom stereocenters. The molecule has 0 spiro atoms. The first-order chi connectivity index (χ1) is 8.78. The second kappa shape index (κ2) is 7.16. The summed E-state index contributed by atoms with van der Waals surface area (Å²) in [5.41, 5.74) is 1.00. The van der Waals surface area contributed by atoms with Crippen molar-refractivity contribution >= 4 is 29.1 Å². The van der Waals surface area contributed by atoms with Gasteiger partial charge in [-0.1, -0.05) is 50.6 Å². The molecule has 1 N–H and O–H groups in total. The molecule has 0 saturated carbocycles. The Morgan fingerprint density at radius 2 is 1.95 bits per heavy atom. The molecular weight excluding hydrogens is 281 g/mol. The lowest BCUT2D eigenvalue weighted by atomic mass is 9.90. The number of hydrogen-bond donors (Lipinski definition) is 1. The highest BCUT2D eigenvalue weighted by Gasteiger charge is 2.17. The van der Waals surface area contributed by atoms with Gasteiger partial charge in [-0.05, 0) is 23.5 Å². The van der Waals surface area contributed by atoms with Gasteiger partial charge in [0.15, 0.2) is 0 Å². The van der Waals surface area contributed by atoms with Gasteiger partial charge in [-0.15, -0.1) is 11.6 Å². The molecule has 0 aliphatic rings. The van der Waals surface area contributed by atoms with E-state index in [0.29, 0.717) is 18.0 Å². The predicted octanol–water partition coefficient (Wildman–Crippen LogP) is 4.04. The van der Waals surface area contributed by atoms with Crippen molar-refractivity contribution in [2.75, 3.05) is 6.54 Å². The number of amides is 1. The van der Waals surface area contributed by atoms with E-state index >= 15 is 0 Å². The third-order valence-electron chi connectivity index (χ3n) is 2.66. The van der Waals surface area contributed by atoms with Gasteiger partial charge >= 0.3 is 0 Å². The summed E-state index contributed by atoms with van der Waals surface area (Å²) in [4.78, 5) is 11.8. The molecule has 0 bridgehead atoms. The molecule has 0 saturated heterocycles. The van der Waals surface area contributed by atoms with Crippen LogP contribution >= 0.6 is 23.2 Å². The highest BCUT2D eigenvalue weighted by Crippen LogP contribution is 2.23. The Bertz CT molecular complexity index is 426. The lowest BCUT2D eigenvalue weighted by Gasteiger charge is -2.22. The number of alkyl halides is 1.